The van der Waals surface area contributed by atoms with Crippen LogP contribution in [0.1, 0.15) is 62.7 Å². The Labute approximate surface area is 189 Å². The molecule has 0 unspecified atom stereocenters. The van der Waals surface area contributed by atoms with E-state index in [0.717, 1.165) is 34.3 Å². The van der Waals surface area contributed by atoms with Gasteiger partial charge in [-0.05, 0) is 49.1 Å². The van der Waals surface area contributed by atoms with Crippen LogP contribution >= 0.6 is 11.8 Å². The maximum absolute atomic E-state index is 11.8. The lowest BCUT2D eigenvalue weighted by atomic mass is 9.86. The standard InChI is InChI=1S/C24H31N3O3S/c1-8-27-21(16(3)17(4)26-27)22(29-15-30-23(28)31-9-2)20(14-25)18-10-12-19(13-11-18)24(5,6)7/h10-13H,8-9,15H2,1-7H3/b22-20-. The molecule has 166 valence electrons. The summed E-state index contributed by atoms with van der Waals surface area (Å²) in [5.74, 6) is 0.978. The average molecular weight is 442 g/mol. The molecule has 2 aromatic rings. The lowest BCUT2D eigenvalue weighted by Gasteiger charge is -2.19. The fourth-order valence-corrected chi connectivity index (χ4v) is 3.49. The van der Waals surface area contributed by atoms with Gasteiger partial charge >= 0.3 is 5.30 Å². The fraction of sp³-hybridized carbons (Fsp3) is 0.458. The van der Waals surface area contributed by atoms with Crippen molar-refractivity contribution < 1.29 is 14.3 Å². The number of nitriles is 1. The minimum atomic E-state index is -0.410. The summed E-state index contributed by atoms with van der Waals surface area (Å²) in [6.07, 6.45) is 0. The van der Waals surface area contributed by atoms with E-state index in [-0.39, 0.29) is 12.2 Å². The molecule has 0 aliphatic carbocycles. The molecule has 7 heteroatoms. The van der Waals surface area contributed by atoms with Gasteiger partial charge in [-0.2, -0.15) is 10.4 Å². The number of rotatable bonds is 7. The molecule has 0 atom stereocenters. The van der Waals surface area contributed by atoms with Gasteiger partial charge in [0.2, 0.25) is 6.79 Å². The Morgan fingerprint density at radius 3 is 2.32 bits per heavy atom. The van der Waals surface area contributed by atoms with E-state index in [9.17, 15) is 10.1 Å². The number of carbonyl (C=O) groups is 1. The monoisotopic (exact) mass is 441 g/mol. The minimum Gasteiger partial charge on any atom is -0.454 e. The molecule has 0 aliphatic heterocycles. The summed E-state index contributed by atoms with van der Waals surface area (Å²) in [5, 5.41) is 14.2. The van der Waals surface area contributed by atoms with Crippen molar-refractivity contribution in [1.82, 2.24) is 9.78 Å². The predicted octanol–water partition coefficient (Wildman–Crippen LogP) is 6.07. The molecule has 1 aromatic carbocycles. The van der Waals surface area contributed by atoms with Gasteiger partial charge in [0.1, 0.15) is 17.3 Å². The van der Waals surface area contributed by atoms with Crippen LogP contribution in [-0.4, -0.2) is 27.6 Å². The molecule has 6 nitrogen and oxygen atoms in total. The Morgan fingerprint density at radius 1 is 1.16 bits per heavy atom. The van der Waals surface area contributed by atoms with E-state index in [1.807, 2.05) is 56.6 Å². The summed E-state index contributed by atoms with van der Waals surface area (Å²) in [6, 6.07) is 10.2. The van der Waals surface area contributed by atoms with Crippen LogP contribution in [0.2, 0.25) is 0 Å². The van der Waals surface area contributed by atoms with Crippen molar-refractivity contribution in [3.63, 3.8) is 0 Å². The van der Waals surface area contributed by atoms with Gasteiger partial charge in [-0.15, -0.1) is 0 Å². The number of ether oxygens (including phenoxy) is 2. The maximum atomic E-state index is 11.8. The molecule has 0 amide bonds. The fourth-order valence-electron chi connectivity index (χ4n) is 3.13. The van der Waals surface area contributed by atoms with Crippen molar-refractivity contribution in [1.29, 1.82) is 5.26 Å². The highest BCUT2D eigenvalue weighted by Gasteiger charge is 2.23. The van der Waals surface area contributed by atoms with Gasteiger partial charge < -0.3 is 9.47 Å². The molecule has 1 aromatic heterocycles. The van der Waals surface area contributed by atoms with Gasteiger partial charge in [0, 0.05) is 17.9 Å². The van der Waals surface area contributed by atoms with Crippen LogP contribution in [0.5, 0.6) is 0 Å². The van der Waals surface area contributed by atoms with Gasteiger partial charge in [-0.25, -0.2) is 4.79 Å². The normalized spacial score (nSPS) is 12.2. The molecular formula is C24H31N3O3S. The highest BCUT2D eigenvalue weighted by molar-refractivity contribution is 8.13. The summed E-state index contributed by atoms with van der Waals surface area (Å²) in [5.41, 5.74) is 4.79. The number of hydrogen-bond acceptors (Lipinski definition) is 6. The van der Waals surface area contributed by atoms with E-state index in [2.05, 4.69) is 31.9 Å². The Morgan fingerprint density at radius 2 is 1.81 bits per heavy atom. The Hall–Kier alpha value is -2.72. The third-order valence-electron chi connectivity index (χ3n) is 4.96. The summed E-state index contributed by atoms with van der Waals surface area (Å²) < 4.78 is 12.9. The van der Waals surface area contributed by atoms with Gasteiger partial charge in [0.25, 0.3) is 0 Å². The molecule has 0 aliphatic rings. The first kappa shape index (κ1) is 24.5. The van der Waals surface area contributed by atoms with Gasteiger partial charge in [0.05, 0.1) is 5.69 Å². The third kappa shape index (κ3) is 5.92. The first-order valence-corrected chi connectivity index (χ1v) is 11.3. The Balaban J connectivity index is 2.57. The lowest BCUT2D eigenvalue weighted by Crippen LogP contribution is -2.11. The van der Waals surface area contributed by atoms with Crippen molar-refractivity contribution in [2.24, 2.45) is 0 Å². The molecule has 2 rings (SSSR count). The number of nitrogens with zero attached hydrogens (tertiary/aromatic N) is 3. The highest BCUT2D eigenvalue weighted by Crippen LogP contribution is 2.32. The molecule has 31 heavy (non-hydrogen) atoms. The van der Waals surface area contributed by atoms with Gasteiger partial charge in [0.15, 0.2) is 5.76 Å². The molecule has 0 spiro atoms. The molecule has 0 N–H and O–H groups in total. The first-order chi connectivity index (χ1) is 14.6. The highest BCUT2D eigenvalue weighted by atomic mass is 32.2. The minimum absolute atomic E-state index is 0.00799. The summed E-state index contributed by atoms with van der Waals surface area (Å²) in [6.45, 7) is 14.5. The molecule has 0 saturated carbocycles. The van der Waals surface area contributed by atoms with Crippen LogP contribution in [-0.2, 0) is 21.4 Å². The second kappa shape index (κ2) is 10.5. The van der Waals surface area contributed by atoms with E-state index in [0.29, 0.717) is 23.6 Å². The van der Waals surface area contributed by atoms with E-state index < -0.39 is 5.30 Å². The lowest BCUT2D eigenvalue weighted by molar-refractivity contribution is 0.0587. The zero-order chi connectivity index (χ0) is 23.2. The topological polar surface area (TPSA) is 77.1 Å². The Bertz CT molecular complexity index is 993. The smallest absolute Gasteiger partial charge is 0.370 e. The molecule has 0 radical (unpaired) electrons. The van der Waals surface area contributed by atoms with Crippen molar-refractivity contribution in [2.45, 2.75) is 60.4 Å². The maximum Gasteiger partial charge on any atom is 0.370 e. The third-order valence-corrected chi connectivity index (χ3v) is 5.60. The van der Waals surface area contributed by atoms with Crippen molar-refractivity contribution >= 4 is 28.4 Å². The molecule has 0 bridgehead atoms. The number of allylic oxidation sites excluding steroid dienone is 1. The number of carbonyl (C=O) groups excluding carboxylic acids is 1. The van der Waals surface area contributed by atoms with Crippen LogP contribution < -0.4 is 0 Å². The first-order valence-electron chi connectivity index (χ1n) is 10.4. The van der Waals surface area contributed by atoms with E-state index >= 15 is 0 Å². The quantitative estimate of drug-likeness (QED) is 0.224. The SMILES string of the molecule is CCSC(=O)OCO/C(=C(/C#N)c1ccc(C(C)(C)C)cc1)c1c(C)c(C)nn1CC. The van der Waals surface area contributed by atoms with Crippen molar-refractivity contribution in [3.8, 4) is 6.07 Å². The number of aromatic nitrogens is 2. The van der Waals surface area contributed by atoms with E-state index in [4.69, 9.17) is 9.47 Å². The van der Waals surface area contributed by atoms with Crippen molar-refractivity contribution in [3.05, 3.63) is 52.3 Å². The summed E-state index contributed by atoms with van der Waals surface area (Å²) in [7, 11) is 0. The summed E-state index contributed by atoms with van der Waals surface area (Å²) in [4.78, 5) is 11.8. The molecule has 0 saturated heterocycles. The largest absolute Gasteiger partial charge is 0.454 e. The number of thioether (sulfide) groups is 1. The molecule has 1 heterocycles. The van der Waals surface area contributed by atoms with E-state index in [1.54, 1.807) is 0 Å². The van der Waals surface area contributed by atoms with Crippen LogP contribution in [0.25, 0.3) is 11.3 Å². The van der Waals surface area contributed by atoms with Gasteiger partial charge in [-0.3, -0.25) is 4.68 Å². The molecule has 0 fully saturated rings. The second-order valence-corrected chi connectivity index (χ2v) is 9.31. The Kier molecular flexibility index (Phi) is 8.35. The van der Waals surface area contributed by atoms with Gasteiger partial charge in [-0.1, -0.05) is 52.0 Å². The molecular weight excluding hydrogens is 410 g/mol. The number of benzene rings is 1. The summed E-state index contributed by atoms with van der Waals surface area (Å²) >= 11 is 1.07. The zero-order valence-electron chi connectivity index (χ0n) is 19.4. The van der Waals surface area contributed by atoms with E-state index in [1.165, 1.54) is 5.56 Å². The van der Waals surface area contributed by atoms with Crippen LogP contribution in [0.15, 0.2) is 24.3 Å². The predicted molar refractivity (Wildman–Crippen MR) is 126 cm³/mol. The van der Waals surface area contributed by atoms with Crippen LogP contribution in [0.3, 0.4) is 0 Å². The average Bonchev–Trinajstić information content (AvgIpc) is 3.01. The van der Waals surface area contributed by atoms with Crippen molar-refractivity contribution in [2.75, 3.05) is 12.5 Å². The van der Waals surface area contributed by atoms with Crippen LogP contribution in [0, 0.1) is 25.2 Å². The number of hydrogen-bond donors (Lipinski definition) is 0. The number of aryl methyl sites for hydroxylation is 2. The second-order valence-electron chi connectivity index (χ2n) is 8.11. The van der Waals surface area contributed by atoms with Crippen LogP contribution in [0.4, 0.5) is 4.79 Å². The zero-order valence-corrected chi connectivity index (χ0v) is 20.2.